The number of nitriles is 1. The zero-order valence-electron chi connectivity index (χ0n) is 16.1. The highest BCUT2D eigenvalue weighted by Gasteiger charge is 2.24. The van der Waals surface area contributed by atoms with E-state index < -0.39 is 27.9 Å². The molecule has 0 aliphatic rings. The first-order valence-corrected chi connectivity index (χ1v) is 10.6. The van der Waals surface area contributed by atoms with Gasteiger partial charge >= 0.3 is 0 Å². The van der Waals surface area contributed by atoms with Crippen LogP contribution in [0.25, 0.3) is 10.9 Å². The summed E-state index contributed by atoms with van der Waals surface area (Å²) in [6, 6.07) is 7.43. The molecular formula is C19H28N4O4S. The third kappa shape index (κ3) is 4.70. The smallest absolute Gasteiger partial charge is 0.252 e. The normalized spacial score (nSPS) is 12.5. The molecule has 0 spiro atoms. The summed E-state index contributed by atoms with van der Waals surface area (Å²) in [5.74, 6) is -0.829. The summed E-state index contributed by atoms with van der Waals surface area (Å²) < 4.78 is 25.6. The first-order valence-electron chi connectivity index (χ1n) is 9.00. The number of benzene rings is 1. The Balaban J connectivity index is 0.00000420. The number of hydrogen-bond donors (Lipinski definition) is 2. The first-order chi connectivity index (χ1) is 13.2. The first kappa shape index (κ1) is 21.4. The Bertz CT molecular complexity index is 1030. The highest BCUT2D eigenvalue weighted by atomic mass is 32.2. The Morgan fingerprint density at radius 1 is 1.29 bits per heavy atom. The van der Waals surface area contributed by atoms with Crippen LogP contribution in [0.5, 0.6) is 0 Å². The molecule has 0 bridgehead atoms. The molecule has 1 aromatic carbocycles. The molecule has 0 fully saturated rings. The Morgan fingerprint density at radius 2 is 2.00 bits per heavy atom. The SMILES string of the molecule is CCS(=O)(=O)n1ccc2c(C(=O)NC(CC(C)C)C(=O)NCC#N)cccc21.[HH].[HH]. The van der Waals surface area contributed by atoms with E-state index in [9.17, 15) is 18.0 Å². The molecule has 8 nitrogen and oxygen atoms in total. The minimum Gasteiger partial charge on any atom is -0.341 e. The van der Waals surface area contributed by atoms with E-state index in [1.54, 1.807) is 31.2 Å². The molecular weight excluding hydrogens is 380 g/mol. The maximum atomic E-state index is 12.8. The van der Waals surface area contributed by atoms with E-state index in [1.807, 2.05) is 19.9 Å². The van der Waals surface area contributed by atoms with Crippen molar-refractivity contribution < 1.29 is 20.9 Å². The number of nitrogens with one attached hydrogen (secondary N) is 2. The van der Waals surface area contributed by atoms with E-state index in [4.69, 9.17) is 5.26 Å². The fraction of sp³-hybridized carbons (Fsp3) is 0.421. The van der Waals surface area contributed by atoms with Gasteiger partial charge in [0.15, 0.2) is 0 Å². The zero-order valence-corrected chi connectivity index (χ0v) is 16.9. The largest absolute Gasteiger partial charge is 0.341 e. The number of nitrogens with zero attached hydrogens (tertiary/aromatic N) is 2. The fourth-order valence-electron chi connectivity index (χ4n) is 2.91. The van der Waals surface area contributed by atoms with Gasteiger partial charge in [-0.3, -0.25) is 9.59 Å². The molecule has 2 aromatic rings. The fourth-order valence-corrected chi connectivity index (χ4v) is 3.89. The average Bonchev–Trinajstić information content (AvgIpc) is 3.10. The van der Waals surface area contributed by atoms with Crippen LogP contribution in [0.1, 0.15) is 40.4 Å². The van der Waals surface area contributed by atoms with Crippen LogP contribution in [-0.2, 0) is 14.8 Å². The molecule has 28 heavy (non-hydrogen) atoms. The number of carbonyl (C=O) groups is 2. The molecule has 0 aliphatic heterocycles. The van der Waals surface area contributed by atoms with Gasteiger partial charge < -0.3 is 10.6 Å². The van der Waals surface area contributed by atoms with Crippen molar-refractivity contribution in [2.75, 3.05) is 12.3 Å². The van der Waals surface area contributed by atoms with Crippen LogP contribution < -0.4 is 10.6 Å². The molecule has 0 saturated carbocycles. The average molecular weight is 409 g/mol. The summed E-state index contributed by atoms with van der Waals surface area (Å²) in [5, 5.41) is 14.3. The van der Waals surface area contributed by atoms with Gasteiger partial charge in [0.1, 0.15) is 12.6 Å². The Kier molecular flexibility index (Phi) is 6.80. The van der Waals surface area contributed by atoms with Gasteiger partial charge in [0, 0.05) is 20.0 Å². The van der Waals surface area contributed by atoms with Crippen molar-refractivity contribution in [2.24, 2.45) is 5.92 Å². The van der Waals surface area contributed by atoms with Crippen molar-refractivity contribution in [1.82, 2.24) is 14.6 Å². The maximum Gasteiger partial charge on any atom is 0.252 e. The van der Waals surface area contributed by atoms with E-state index in [1.165, 1.54) is 6.20 Å². The number of amides is 2. The molecule has 1 unspecified atom stereocenters. The zero-order chi connectivity index (χ0) is 20.9. The molecule has 154 valence electrons. The lowest BCUT2D eigenvalue weighted by molar-refractivity contribution is -0.123. The third-order valence-electron chi connectivity index (χ3n) is 4.28. The summed E-state index contributed by atoms with van der Waals surface area (Å²) >= 11 is 0. The number of hydrogen-bond acceptors (Lipinski definition) is 5. The van der Waals surface area contributed by atoms with Crippen LogP contribution in [-0.4, -0.2) is 42.5 Å². The maximum absolute atomic E-state index is 12.8. The minimum atomic E-state index is -3.50. The Hall–Kier alpha value is -2.86. The molecule has 0 radical (unpaired) electrons. The van der Waals surface area contributed by atoms with Gasteiger partial charge in [-0.05, 0) is 37.5 Å². The second-order valence-electron chi connectivity index (χ2n) is 6.78. The van der Waals surface area contributed by atoms with Crippen molar-refractivity contribution in [3.05, 3.63) is 36.0 Å². The molecule has 1 aromatic heterocycles. The predicted octanol–water partition coefficient (Wildman–Crippen LogP) is 2.12. The van der Waals surface area contributed by atoms with Gasteiger partial charge in [-0.2, -0.15) is 5.26 Å². The molecule has 1 heterocycles. The number of fused-ring (bicyclic) bond motifs is 1. The number of rotatable bonds is 8. The molecule has 1 atom stereocenters. The molecule has 2 rings (SSSR count). The Morgan fingerprint density at radius 3 is 2.61 bits per heavy atom. The van der Waals surface area contributed by atoms with Crippen LogP contribution in [0.3, 0.4) is 0 Å². The lowest BCUT2D eigenvalue weighted by Gasteiger charge is -2.20. The van der Waals surface area contributed by atoms with Gasteiger partial charge in [0.2, 0.25) is 15.9 Å². The van der Waals surface area contributed by atoms with Crippen molar-refractivity contribution in [3.8, 4) is 6.07 Å². The topological polar surface area (TPSA) is 121 Å². The quantitative estimate of drug-likeness (QED) is 0.648. The lowest BCUT2D eigenvalue weighted by Crippen LogP contribution is -2.47. The summed E-state index contributed by atoms with van der Waals surface area (Å²) in [4.78, 5) is 25.1. The number of carbonyl (C=O) groups excluding carboxylic acids is 2. The van der Waals surface area contributed by atoms with Crippen molar-refractivity contribution in [2.45, 2.75) is 33.2 Å². The lowest BCUT2D eigenvalue weighted by atomic mass is 10.0. The highest BCUT2D eigenvalue weighted by molar-refractivity contribution is 7.90. The van der Waals surface area contributed by atoms with Crippen molar-refractivity contribution in [1.29, 1.82) is 5.26 Å². The molecule has 9 heteroatoms. The molecule has 0 saturated heterocycles. The number of aromatic nitrogens is 1. The van der Waals surface area contributed by atoms with E-state index in [0.717, 1.165) is 3.97 Å². The summed E-state index contributed by atoms with van der Waals surface area (Å²) in [5.41, 5.74) is 0.688. The third-order valence-corrected chi connectivity index (χ3v) is 5.92. The van der Waals surface area contributed by atoms with E-state index in [2.05, 4.69) is 10.6 Å². The molecule has 0 aliphatic carbocycles. The summed E-state index contributed by atoms with van der Waals surface area (Å²) in [6.07, 6.45) is 1.83. The van der Waals surface area contributed by atoms with E-state index in [0.29, 0.717) is 17.3 Å². The highest BCUT2D eigenvalue weighted by Crippen LogP contribution is 2.22. The van der Waals surface area contributed by atoms with Crippen LogP contribution in [0.2, 0.25) is 0 Å². The molecule has 2 N–H and O–H groups in total. The molecule has 2 amide bonds. The van der Waals surface area contributed by atoms with Gasteiger partial charge in [0.05, 0.1) is 17.3 Å². The van der Waals surface area contributed by atoms with Gasteiger partial charge in [-0.15, -0.1) is 0 Å². The Labute approximate surface area is 167 Å². The van der Waals surface area contributed by atoms with Crippen LogP contribution in [0, 0.1) is 17.2 Å². The van der Waals surface area contributed by atoms with E-state index >= 15 is 0 Å². The van der Waals surface area contributed by atoms with Gasteiger partial charge in [-0.1, -0.05) is 19.9 Å². The second-order valence-corrected chi connectivity index (χ2v) is 8.92. The predicted molar refractivity (Wildman–Crippen MR) is 110 cm³/mol. The van der Waals surface area contributed by atoms with Crippen LogP contribution in [0.15, 0.2) is 30.5 Å². The standard InChI is InChI=1S/C19H24N4O4S.2H2/c1-4-28(26,27)23-11-8-14-15(6-5-7-17(14)23)18(24)22-16(12-13(2)3)19(25)21-10-9-20;;/h5-8,11,13,16H,4,10,12H2,1-3H3,(H,21,25)(H,22,24);2*1H. The van der Waals surface area contributed by atoms with Gasteiger partial charge in [-0.25, -0.2) is 12.4 Å². The van der Waals surface area contributed by atoms with Crippen molar-refractivity contribution in [3.63, 3.8) is 0 Å². The second kappa shape index (κ2) is 8.89. The van der Waals surface area contributed by atoms with Crippen molar-refractivity contribution >= 4 is 32.7 Å². The van der Waals surface area contributed by atoms with Crippen LogP contribution >= 0.6 is 0 Å². The van der Waals surface area contributed by atoms with Crippen LogP contribution in [0.4, 0.5) is 0 Å². The monoisotopic (exact) mass is 408 g/mol. The van der Waals surface area contributed by atoms with Gasteiger partial charge in [0.25, 0.3) is 5.91 Å². The summed E-state index contributed by atoms with van der Waals surface area (Å²) in [6.45, 7) is 5.25. The van der Waals surface area contributed by atoms with E-state index in [-0.39, 0.29) is 26.6 Å². The summed E-state index contributed by atoms with van der Waals surface area (Å²) in [7, 11) is -3.50. The minimum absolute atomic E-state index is 0.